The van der Waals surface area contributed by atoms with Crippen LogP contribution in [-0.4, -0.2) is 37.1 Å². The normalized spacial score (nSPS) is 22.9. The Kier molecular flexibility index (Phi) is 6.48. The van der Waals surface area contributed by atoms with E-state index in [4.69, 9.17) is 4.74 Å². The lowest BCUT2D eigenvalue weighted by Gasteiger charge is -2.56. The van der Waals surface area contributed by atoms with Crippen LogP contribution in [0.3, 0.4) is 0 Å². The van der Waals surface area contributed by atoms with Crippen LogP contribution in [-0.2, 0) is 0 Å². The number of hydrogen-bond donors (Lipinski definition) is 0. The number of likely N-dealkylation sites (N-methyl/N-ethyl adjacent to an activating group) is 1. The van der Waals surface area contributed by atoms with E-state index in [0.717, 1.165) is 17.2 Å². The summed E-state index contributed by atoms with van der Waals surface area (Å²) in [6, 6.07) is 41.6. The molecule has 2 unspecified atom stereocenters. The van der Waals surface area contributed by atoms with Crippen LogP contribution in [0.15, 0.2) is 115 Å². The van der Waals surface area contributed by atoms with E-state index in [0.29, 0.717) is 23.9 Å². The standard InChI is InChI=1S/C33H34N2O/c1-34(29-19-11-12-20-30(29)36-28-17-9-4-10-18-28)32-27-21-23-35(24-22-27)33(32)31(25-13-5-2-6-14-25)26-15-7-3-8-16-26/h2-20,27,31-33H,21-24H2,1H3. The largest absolute Gasteiger partial charge is 0.455 e. The molecule has 0 radical (unpaired) electrons. The number of ether oxygens (including phenoxy) is 1. The van der Waals surface area contributed by atoms with Gasteiger partial charge in [0.05, 0.1) is 5.69 Å². The third-order valence-corrected chi connectivity index (χ3v) is 8.15. The van der Waals surface area contributed by atoms with Crippen LogP contribution >= 0.6 is 0 Å². The van der Waals surface area contributed by atoms with Gasteiger partial charge in [0.2, 0.25) is 0 Å². The van der Waals surface area contributed by atoms with E-state index >= 15 is 0 Å². The maximum absolute atomic E-state index is 6.41. The van der Waals surface area contributed by atoms with Gasteiger partial charge < -0.3 is 9.64 Å². The minimum atomic E-state index is 0.310. The van der Waals surface area contributed by atoms with Gasteiger partial charge in [-0.3, -0.25) is 4.90 Å². The van der Waals surface area contributed by atoms with Crippen molar-refractivity contribution >= 4 is 5.69 Å². The quantitative estimate of drug-likeness (QED) is 0.281. The second-order valence-corrected chi connectivity index (χ2v) is 10.1. The predicted octanol–water partition coefficient (Wildman–Crippen LogP) is 7.21. The average molecular weight is 475 g/mol. The molecular formula is C33H34N2O. The van der Waals surface area contributed by atoms with Gasteiger partial charge in [0.1, 0.15) is 5.75 Å². The van der Waals surface area contributed by atoms with Gasteiger partial charge in [-0.2, -0.15) is 0 Å². The molecule has 0 amide bonds. The first-order valence-corrected chi connectivity index (χ1v) is 13.2. The second-order valence-electron chi connectivity index (χ2n) is 10.1. The first-order valence-electron chi connectivity index (χ1n) is 13.2. The zero-order chi connectivity index (χ0) is 24.3. The summed E-state index contributed by atoms with van der Waals surface area (Å²) in [6.07, 6.45) is 2.51. The zero-order valence-electron chi connectivity index (χ0n) is 20.9. The maximum atomic E-state index is 6.41. The Hall–Kier alpha value is -3.56. The molecule has 0 aromatic heterocycles. The molecule has 0 N–H and O–H groups in total. The molecule has 4 aromatic rings. The lowest BCUT2D eigenvalue weighted by molar-refractivity contribution is 0.0185. The lowest BCUT2D eigenvalue weighted by atomic mass is 9.70. The highest BCUT2D eigenvalue weighted by molar-refractivity contribution is 5.60. The van der Waals surface area contributed by atoms with Gasteiger partial charge in [0, 0.05) is 25.0 Å². The van der Waals surface area contributed by atoms with Gasteiger partial charge in [-0.1, -0.05) is 91.0 Å². The van der Waals surface area contributed by atoms with E-state index in [1.54, 1.807) is 0 Å². The number of fused-ring (bicyclic) bond motifs is 3. The highest BCUT2D eigenvalue weighted by Crippen LogP contribution is 2.46. The summed E-state index contributed by atoms with van der Waals surface area (Å²) in [5, 5.41) is 0. The molecule has 7 rings (SSSR count). The number of piperidine rings is 3. The summed E-state index contributed by atoms with van der Waals surface area (Å²) in [5.74, 6) is 2.75. The Morgan fingerprint density at radius 2 is 1.22 bits per heavy atom. The van der Waals surface area contributed by atoms with Crippen LogP contribution in [0, 0.1) is 5.92 Å². The van der Waals surface area contributed by atoms with Crippen molar-refractivity contribution in [3.63, 3.8) is 0 Å². The molecule has 0 aliphatic carbocycles. The number of nitrogens with zero attached hydrogens (tertiary/aromatic N) is 2. The SMILES string of the molecule is CN(c1ccccc1Oc1ccccc1)C1C2CCN(CC2)C1C(c1ccccc1)c1ccccc1. The zero-order valence-corrected chi connectivity index (χ0v) is 20.9. The van der Waals surface area contributed by atoms with Crippen molar-refractivity contribution in [1.82, 2.24) is 4.90 Å². The molecule has 3 aliphatic heterocycles. The van der Waals surface area contributed by atoms with Crippen molar-refractivity contribution in [3.05, 3.63) is 126 Å². The Balaban J connectivity index is 1.42. The van der Waals surface area contributed by atoms with Crippen molar-refractivity contribution in [2.45, 2.75) is 30.8 Å². The number of hydrogen-bond acceptors (Lipinski definition) is 3. The van der Waals surface area contributed by atoms with Crippen LogP contribution in [0.25, 0.3) is 0 Å². The summed E-state index contributed by atoms with van der Waals surface area (Å²) in [6.45, 7) is 2.36. The fourth-order valence-electron chi connectivity index (χ4n) is 6.53. The van der Waals surface area contributed by atoms with E-state index < -0.39 is 0 Å². The fraction of sp³-hybridized carbons (Fsp3) is 0.273. The van der Waals surface area contributed by atoms with Crippen LogP contribution < -0.4 is 9.64 Å². The van der Waals surface area contributed by atoms with Crippen molar-refractivity contribution in [2.75, 3.05) is 25.0 Å². The third kappa shape index (κ3) is 4.40. The minimum Gasteiger partial charge on any atom is -0.455 e. The summed E-state index contributed by atoms with van der Waals surface area (Å²) in [7, 11) is 2.28. The molecule has 2 bridgehead atoms. The van der Waals surface area contributed by atoms with E-state index in [-0.39, 0.29) is 0 Å². The molecule has 4 aromatic carbocycles. The van der Waals surface area contributed by atoms with Gasteiger partial charge in [-0.15, -0.1) is 0 Å². The maximum Gasteiger partial charge on any atom is 0.150 e. The molecule has 2 atom stereocenters. The Morgan fingerprint density at radius 1 is 0.694 bits per heavy atom. The Morgan fingerprint density at radius 3 is 1.83 bits per heavy atom. The highest BCUT2D eigenvalue weighted by atomic mass is 16.5. The molecule has 3 nitrogen and oxygen atoms in total. The third-order valence-electron chi connectivity index (χ3n) is 8.15. The van der Waals surface area contributed by atoms with Gasteiger partial charge in [-0.25, -0.2) is 0 Å². The van der Waals surface area contributed by atoms with Gasteiger partial charge in [0.25, 0.3) is 0 Å². The van der Waals surface area contributed by atoms with Gasteiger partial charge in [0.15, 0.2) is 5.75 Å². The molecule has 3 heteroatoms. The molecule has 3 aliphatic rings. The van der Waals surface area contributed by atoms with E-state index in [2.05, 4.69) is 102 Å². The Bertz CT molecular complexity index is 1210. The van der Waals surface area contributed by atoms with Crippen molar-refractivity contribution in [1.29, 1.82) is 0 Å². The number of anilines is 1. The molecule has 182 valence electrons. The van der Waals surface area contributed by atoms with E-state index in [1.165, 1.54) is 37.1 Å². The van der Waals surface area contributed by atoms with Crippen molar-refractivity contribution in [2.24, 2.45) is 5.92 Å². The highest BCUT2D eigenvalue weighted by Gasteiger charge is 2.48. The summed E-state index contributed by atoms with van der Waals surface area (Å²) in [4.78, 5) is 5.28. The minimum absolute atomic E-state index is 0.310. The number of benzene rings is 4. The Labute approximate surface area is 215 Å². The summed E-state index contributed by atoms with van der Waals surface area (Å²) < 4.78 is 6.41. The van der Waals surface area contributed by atoms with Crippen molar-refractivity contribution in [3.8, 4) is 11.5 Å². The van der Waals surface area contributed by atoms with Crippen LogP contribution in [0.2, 0.25) is 0 Å². The molecule has 0 saturated carbocycles. The molecule has 0 spiro atoms. The monoisotopic (exact) mass is 474 g/mol. The predicted molar refractivity (Wildman–Crippen MR) is 148 cm³/mol. The molecule has 36 heavy (non-hydrogen) atoms. The first kappa shape index (κ1) is 22.9. The topological polar surface area (TPSA) is 15.7 Å². The fourth-order valence-corrected chi connectivity index (χ4v) is 6.53. The van der Waals surface area contributed by atoms with Crippen LogP contribution in [0.5, 0.6) is 11.5 Å². The second kappa shape index (κ2) is 10.2. The summed E-state index contributed by atoms with van der Waals surface area (Å²) in [5.41, 5.74) is 3.95. The molecule has 3 fully saturated rings. The number of para-hydroxylation sites is 3. The smallest absolute Gasteiger partial charge is 0.150 e. The van der Waals surface area contributed by atoms with Crippen LogP contribution in [0.4, 0.5) is 5.69 Å². The van der Waals surface area contributed by atoms with E-state index in [1.807, 2.05) is 30.3 Å². The summed E-state index contributed by atoms with van der Waals surface area (Å²) >= 11 is 0. The molecule has 3 heterocycles. The lowest BCUT2D eigenvalue weighted by Crippen LogP contribution is -2.65. The number of rotatable bonds is 7. The first-order chi connectivity index (χ1) is 17.8. The van der Waals surface area contributed by atoms with Crippen molar-refractivity contribution < 1.29 is 4.74 Å². The van der Waals surface area contributed by atoms with Crippen LogP contribution in [0.1, 0.15) is 29.9 Å². The van der Waals surface area contributed by atoms with Gasteiger partial charge >= 0.3 is 0 Å². The molecular weight excluding hydrogens is 440 g/mol. The van der Waals surface area contributed by atoms with Gasteiger partial charge in [-0.05, 0) is 67.2 Å². The molecule has 3 saturated heterocycles. The van der Waals surface area contributed by atoms with E-state index in [9.17, 15) is 0 Å². The average Bonchev–Trinajstić information content (AvgIpc) is 2.95.